The maximum absolute atomic E-state index is 12.9. The number of urea groups is 1. The molecule has 1 aliphatic carbocycles. The smallest absolute Gasteiger partial charge is 0.318 e. The van der Waals surface area contributed by atoms with Crippen LogP contribution in [-0.2, 0) is 6.54 Å². The third kappa shape index (κ3) is 4.55. The summed E-state index contributed by atoms with van der Waals surface area (Å²) in [4.78, 5) is 17.8. The lowest BCUT2D eigenvalue weighted by molar-refractivity contribution is 0.0942. The molecule has 1 heterocycles. The van der Waals surface area contributed by atoms with Gasteiger partial charge in [-0.25, -0.2) is 18.6 Å². The lowest BCUT2D eigenvalue weighted by atomic mass is 10.1. The number of alkyl halides is 2. The van der Waals surface area contributed by atoms with Gasteiger partial charge >= 0.3 is 6.03 Å². The van der Waals surface area contributed by atoms with Crippen molar-refractivity contribution < 1.29 is 13.6 Å². The first-order chi connectivity index (χ1) is 12.1. The number of rotatable bonds is 6. The van der Waals surface area contributed by atoms with E-state index in [-0.39, 0.29) is 18.6 Å². The number of benzene rings is 1. The van der Waals surface area contributed by atoms with Crippen molar-refractivity contribution in [2.75, 3.05) is 6.54 Å². The van der Waals surface area contributed by atoms with Gasteiger partial charge < -0.3 is 14.8 Å². The van der Waals surface area contributed by atoms with Crippen LogP contribution in [0.25, 0.3) is 0 Å². The summed E-state index contributed by atoms with van der Waals surface area (Å²) in [7, 11) is 0. The van der Waals surface area contributed by atoms with Crippen LogP contribution in [0.1, 0.15) is 30.9 Å². The lowest BCUT2D eigenvalue weighted by Gasteiger charge is -2.28. The van der Waals surface area contributed by atoms with E-state index in [0.717, 1.165) is 24.8 Å². The van der Waals surface area contributed by atoms with Crippen molar-refractivity contribution in [3.8, 4) is 0 Å². The van der Waals surface area contributed by atoms with Gasteiger partial charge in [-0.2, -0.15) is 0 Å². The number of amides is 2. The van der Waals surface area contributed by atoms with Crippen LogP contribution < -0.4 is 5.32 Å². The molecule has 2 atom stereocenters. The molecule has 5 nitrogen and oxygen atoms in total. The second kappa shape index (κ2) is 8.09. The van der Waals surface area contributed by atoms with Crippen LogP contribution in [0.15, 0.2) is 49.1 Å². The fourth-order valence-electron chi connectivity index (χ4n) is 3.37. The summed E-state index contributed by atoms with van der Waals surface area (Å²) < 4.78 is 27.8. The number of halogens is 2. The van der Waals surface area contributed by atoms with E-state index in [0.29, 0.717) is 0 Å². The second-order valence-corrected chi connectivity index (χ2v) is 6.32. The highest BCUT2D eigenvalue weighted by Gasteiger charge is 2.31. The third-order valence-corrected chi connectivity index (χ3v) is 4.56. The van der Waals surface area contributed by atoms with Crippen LogP contribution in [0, 0.1) is 0 Å². The fraction of sp³-hybridized carbons (Fsp3) is 0.444. The van der Waals surface area contributed by atoms with Crippen molar-refractivity contribution in [2.24, 2.45) is 0 Å². The minimum Gasteiger partial charge on any atom is -0.333 e. The fourth-order valence-corrected chi connectivity index (χ4v) is 3.37. The molecule has 2 aromatic rings. The zero-order valence-corrected chi connectivity index (χ0v) is 13.9. The van der Waals surface area contributed by atoms with Crippen LogP contribution in [-0.4, -0.2) is 39.5 Å². The van der Waals surface area contributed by atoms with Crippen molar-refractivity contribution in [1.29, 1.82) is 0 Å². The maximum Gasteiger partial charge on any atom is 0.318 e. The molecule has 3 rings (SSSR count). The Kier molecular flexibility index (Phi) is 5.63. The van der Waals surface area contributed by atoms with Gasteiger partial charge in [-0.15, -0.1) is 0 Å². The van der Waals surface area contributed by atoms with Crippen LogP contribution in [0.3, 0.4) is 0 Å². The normalized spacial score (nSPS) is 20.0. The highest BCUT2D eigenvalue weighted by atomic mass is 19.3. The molecular weight excluding hydrogens is 326 g/mol. The van der Waals surface area contributed by atoms with E-state index in [1.165, 1.54) is 4.90 Å². The first-order valence-corrected chi connectivity index (χ1v) is 8.48. The predicted molar refractivity (Wildman–Crippen MR) is 90.3 cm³/mol. The Balaban J connectivity index is 1.67. The summed E-state index contributed by atoms with van der Waals surface area (Å²) in [6.45, 7) is -0.414. The number of hydrogen-bond donors (Lipinski definition) is 1. The average Bonchev–Trinajstić information content (AvgIpc) is 3.25. The lowest BCUT2D eigenvalue weighted by Crippen LogP contribution is -2.47. The Morgan fingerprint density at radius 2 is 2.12 bits per heavy atom. The average molecular weight is 348 g/mol. The van der Waals surface area contributed by atoms with Gasteiger partial charge in [0.1, 0.15) is 0 Å². The number of carbonyl (C=O) groups is 1. The summed E-state index contributed by atoms with van der Waals surface area (Å²) in [5, 5.41) is 2.95. The molecule has 134 valence electrons. The zero-order valence-electron chi connectivity index (χ0n) is 13.9. The van der Waals surface area contributed by atoms with E-state index in [1.807, 2.05) is 41.1 Å². The van der Waals surface area contributed by atoms with Crippen LogP contribution >= 0.6 is 0 Å². The molecule has 2 amide bonds. The zero-order chi connectivity index (χ0) is 17.6. The SMILES string of the molecule is O=C(NC1CCCC1n1ccnc1)N(Cc1ccccc1)CC(F)F. The van der Waals surface area contributed by atoms with Crippen molar-refractivity contribution in [3.05, 3.63) is 54.6 Å². The molecule has 1 aromatic heterocycles. The molecular formula is C18H22F2N4O. The topological polar surface area (TPSA) is 50.2 Å². The number of nitrogens with one attached hydrogen (secondary N) is 1. The summed E-state index contributed by atoms with van der Waals surface area (Å²) in [6.07, 6.45) is 5.50. The summed E-state index contributed by atoms with van der Waals surface area (Å²) in [5.74, 6) is 0. The first kappa shape index (κ1) is 17.4. The minimum absolute atomic E-state index is 0.0716. The molecule has 0 aliphatic heterocycles. The minimum atomic E-state index is -2.57. The quantitative estimate of drug-likeness (QED) is 0.869. The van der Waals surface area contributed by atoms with Crippen LogP contribution in [0.4, 0.5) is 13.6 Å². The predicted octanol–water partition coefficient (Wildman–Crippen LogP) is 3.45. The monoisotopic (exact) mass is 348 g/mol. The standard InChI is InChI=1S/C18H22F2N4O/c19-17(20)12-24(11-14-5-2-1-3-6-14)18(25)22-15-7-4-8-16(15)23-10-9-21-13-23/h1-3,5-6,9-10,13,15-17H,4,7-8,11-12H2,(H,22,25). The van der Waals surface area contributed by atoms with Crippen molar-refractivity contribution >= 4 is 6.03 Å². The molecule has 1 N–H and O–H groups in total. The Morgan fingerprint density at radius 1 is 1.32 bits per heavy atom. The molecule has 0 spiro atoms. The van der Waals surface area contributed by atoms with Gasteiger partial charge in [-0.1, -0.05) is 30.3 Å². The number of nitrogens with zero attached hydrogens (tertiary/aromatic N) is 3. The van der Waals surface area contributed by atoms with Crippen LogP contribution in [0.5, 0.6) is 0 Å². The van der Waals surface area contributed by atoms with E-state index in [4.69, 9.17) is 0 Å². The molecule has 25 heavy (non-hydrogen) atoms. The number of aromatic nitrogens is 2. The molecule has 1 fully saturated rings. The van der Waals surface area contributed by atoms with Gasteiger partial charge in [0.05, 0.1) is 25.0 Å². The Labute approximate surface area is 145 Å². The Hall–Kier alpha value is -2.44. The Morgan fingerprint density at radius 3 is 2.80 bits per heavy atom. The molecule has 0 bridgehead atoms. The second-order valence-electron chi connectivity index (χ2n) is 6.32. The number of imidazole rings is 1. The van der Waals surface area contributed by atoms with Gasteiger partial charge in [0.2, 0.25) is 0 Å². The van der Waals surface area contributed by atoms with Crippen molar-refractivity contribution in [3.63, 3.8) is 0 Å². The van der Waals surface area contributed by atoms with Gasteiger partial charge in [-0.05, 0) is 24.8 Å². The summed E-state index contributed by atoms with van der Waals surface area (Å²) in [6, 6.07) is 8.79. The summed E-state index contributed by atoms with van der Waals surface area (Å²) in [5.41, 5.74) is 0.830. The van der Waals surface area contributed by atoms with Crippen LogP contribution in [0.2, 0.25) is 0 Å². The van der Waals surface area contributed by atoms with Gasteiger partial charge in [0.25, 0.3) is 6.43 Å². The van der Waals surface area contributed by atoms with Gasteiger partial charge in [0.15, 0.2) is 0 Å². The molecule has 0 saturated heterocycles. The Bertz CT molecular complexity index is 663. The maximum atomic E-state index is 12.9. The van der Waals surface area contributed by atoms with Crippen molar-refractivity contribution in [1.82, 2.24) is 19.8 Å². The van der Waals surface area contributed by atoms with E-state index in [2.05, 4.69) is 10.3 Å². The molecule has 7 heteroatoms. The number of carbonyl (C=O) groups excluding carboxylic acids is 1. The summed E-state index contributed by atoms with van der Waals surface area (Å²) >= 11 is 0. The molecule has 1 saturated carbocycles. The molecule has 2 unspecified atom stereocenters. The largest absolute Gasteiger partial charge is 0.333 e. The first-order valence-electron chi connectivity index (χ1n) is 8.48. The molecule has 0 radical (unpaired) electrons. The molecule has 1 aromatic carbocycles. The van der Waals surface area contributed by atoms with Gasteiger partial charge in [-0.3, -0.25) is 0 Å². The van der Waals surface area contributed by atoms with E-state index >= 15 is 0 Å². The van der Waals surface area contributed by atoms with Crippen molar-refractivity contribution in [2.45, 2.75) is 44.3 Å². The highest BCUT2D eigenvalue weighted by molar-refractivity contribution is 5.74. The van der Waals surface area contributed by atoms with E-state index < -0.39 is 19.0 Å². The van der Waals surface area contributed by atoms with Gasteiger partial charge in [0, 0.05) is 18.9 Å². The van der Waals surface area contributed by atoms with E-state index in [1.54, 1.807) is 12.5 Å². The number of hydrogen-bond acceptors (Lipinski definition) is 2. The third-order valence-electron chi connectivity index (χ3n) is 4.56. The molecule has 1 aliphatic rings. The van der Waals surface area contributed by atoms with E-state index in [9.17, 15) is 13.6 Å². The highest BCUT2D eigenvalue weighted by Crippen LogP contribution is 2.30.